The van der Waals surface area contributed by atoms with Crippen LogP contribution in [0.2, 0.25) is 0 Å². The molecule has 0 radical (unpaired) electrons. The minimum absolute atomic E-state index is 0.00365. The van der Waals surface area contributed by atoms with Crippen molar-refractivity contribution >= 4 is 14.8 Å². The molecule has 7 heteroatoms. The highest BCUT2D eigenvalue weighted by atomic mass is 28.4. The lowest BCUT2D eigenvalue weighted by molar-refractivity contribution is 0.0247. The predicted octanol–water partition coefficient (Wildman–Crippen LogP) is 1.83. The van der Waals surface area contributed by atoms with E-state index in [9.17, 15) is 4.79 Å². The molecule has 0 atom stereocenters. The molecule has 0 N–H and O–H groups in total. The summed E-state index contributed by atoms with van der Waals surface area (Å²) in [5, 5.41) is 0. The Labute approximate surface area is 120 Å². The third kappa shape index (κ3) is 5.01. The molecule has 112 valence electrons. The van der Waals surface area contributed by atoms with Gasteiger partial charge in [-0.2, -0.15) is 0 Å². The summed E-state index contributed by atoms with van der Waals surface area (Å²) < 4.78 is 22.1. The van der Waals surface area contributed by atoms with Crippen LogP contribution in [0.4, 0.5) is 0 Å². The Bertz CT molecular complexity index is 384. The molecule has 0 aliphatic heterocycles. The van der Waals surface area contributed by atoms with E-state index in [0.29, 0.717) is 25.4 Å². The molecule has 1 aromatic heterocycles. The third-order valence-corrected chi connectivity index (χ3v) is 5.07. The van der Waals surface area contributed by atoms with E-state index in [1.807, 2.05) is 20.8 Å². The molecular weight excluding hydrogens is 278 g/mol. The summed E-state index contributed by atoms with van der Waals surface area (Å²) in [6.07, 6.45) is 3.08. The highest BCUT2D eigenvalue weighted by Gasteiger charge is 2.42. The second kappa shape index (κ2) is 8.80. The van der Waals surface area contributed by atoms with E-state index >= 15 is 0 Å². The highest BCUT2D eigenvalue weighted by Crippen LogP contribution is 2.12. The molecule has 20 heavy (non-hydrogen) atoms. The standard InChI is InChI=1S/C13H21NO5Si/c1-4-17-20(18-5-2,19-6-3)11-16-13(15)12-7-9-14-10-8-12/h7-10H,4-6,11H2,1-3H3. The van der Waals surface area contributed by atoms with Gasteiger partial charge in [-0.15, -0.1) is 0 Å². The van der Waals surface area contributed by atoms with Gasteiger partial charge in [-0.05, 0) is 32.9 Å². The first-order chi connectivity index (χ1) is 9.67. The first-order valence-corrected chi connectivity index (χ1v) is 8.59. The number of carbonyl (C=O) groups is 1. The van der Waals surface area contributed by atoms with E-state index in [2.05, 4.69) is 4.98 Å². The second-order valence-corrected chi connectivity index (χ2v) is 6.31. The third-order valence-electron chi connectivity index (χ3n) is 2.39. The van der Waals surface area contributed by atoms with Gasteiger partial charge < -0.3 is 18.0 Å². The fourth-order valence-corrected chi connectivity index (χ4v) is 3.76. The number of esters is 1. The van der Waals surface area contributed by atoms with Crippen molar-refractivity contribution in [3.05, 3.63) is 30.1 Å². The second-order valence-electron chi connectivity index (χ2n) is 3.79. The van der Waals surface area contributed by atoms with E-state index < -0.39 is 14.8 Å². The van der Waals surface area contributed by atoms with Crippen LogP contribution in [-0.2, 0) is 18.0 Å². The number of pyridine rings is 1. The Hall–Kier alpha value is -1.28. The van der Waals surface area contributed by atoms with Crippen LogP contribution < -0.4 is 0 Å². The minimum atomic E-state index is -2.95. The fraction of sp³-hybridized carbons (Fsp3) is 0.538. The zero-order valence-corrected chi connectivity index (χ0v) is 13.1. The predicted molar refractivity (Wildman–Crippen MR) is 75.2 cm³/mol. The molecule has 0 spiro atoms. The lowest BCUT2D eigenvalue weighted by Crippen LogP contribution is -2.51. The van der Waals surface area contributed by atoms with Crippen molar-refractivity contribution in [1.82, 2.24) is 4.98 Å². The van der Waals surface area contributed by atoms with E-state index in [1.165, 1.54) is 12.4 Å². The Morgan fingerprint density at radius 1 is 1.05 bits per heavy atom. The van der Waals surface area contributed by atoms with Crippen LogP contribution in [0.3, 0.4) is 0 Å². The van der Waals surface area contributed by atoms with E-state index in [4.69, 9.17) is 18.0 Å². The van der Waals surface area contributed by atoms with E-state index in [0.717, 1.165) is 0 Å². The number of hydrogen-bond acceptors (Lipinski definition) is 6. The molecule has 0 saturated carbocycles. The minimum Gasteiger partial charge on any atom is -0.457 e. The van der Waals surface area contributed by atoms with Crippen molar-refractivity contribution in [1.29, 1.82) is 0 Å². The number of nitrogens with zero attached hydrogens (tertiary/aromatic N) is 1. The zero-order chi connectivity index (χ0) is 14.8. The smallest absolute Gasteiger partial charge is 0.457 e. The van der Waals surface area contributed by atoms with Gasteiger partial charge in [0.05, 0.1) is 5.56 Å². The summed E-state index contributed by atoms with van der Waals surface area (Å²) >= 11 is 0. The van der Waals surface area contributed by atoms with Gasteiger partial charge >= 0.3 is 14.8 Å². The van der Waals surface area contributed by atoms with Crippen molar-refractivity contribution in [3.63, 3.8) is 0 Å². The van der Waals surface area contributed by atoms with Crippen LogP contribution >= 0.6 is 0 Å². The van der Waals surface area contributed by atoms with Crippen molar-refractivity contribution in [2.75, 3.05) is 26.1 Å². The lowest BCUT2D eigenvalue weighted by Gasteiger charge is -2.27. The average Bonchev–Trinajstić information content (AvgIpc) is 2.46. The maximum atomic E-state index is 11.9. The van der Waals surface area contributed by atoms with Crippen LogP contribution in [0.5, 0.6) is 0 Å². The largest absolute Gasteiger partial charge is 0.540 e. The SMILES string of the molecule is CCO[Si](COC(=O)c1ccncc1)(OCC)OCC. The van der Waals surface area contributed by atoms with Gasteiger partial charge in [-0.25, -0.2) is 4.79 Å². The van der Waals surface area contributed by atoms with Gasteiger partial charge in [-0.1, -0.05) is 0 Å². The van der Waals surface area contributed by atoms with Gasteiger partial charge in [0.1, 0.15) is 0 Å². The maximum Gasteiger partial charge on any atom is 0.540 e. The molecule has 0 aliphatic rings. The molecule has 1 rings (SSSR count). The summed E-state index contributed by atoms with van der Waals surface area (Å²) in [5.74, 6) is -0.441. The van der Waals surface area contributed by atoms with Crippen molar-refractivity contribution in [2.45, 2.75) is 20.8 Å². The van der Waals surface area contributed by atoms with E-state index in [-0.39, 0.29) is 6.23 Å². The van der Waals surface area contributed by atoms with Crippen LogP contribution in [0.25, 0.3) is 0 Å². The van der Waals surface area contributed by atoms with Gasteiger partial charge in [0, 0.05) is 32.2 Å². The zero-order valence-electron chi connectivity index (χ0n) is 12.1. The number of aromatic nitrogens is 1. The molecule has 0 aliphatic carbocycles. The first-order valence-electron chi connectivity index (χ1n) is 6.66. The quantitative estimate of drug-likeness (QED) is 0.512. The van der Waals surface area contributed by atoms with Crippen molar-refractivity contribution in [2.24, 2.45) is 0 Å². The number of ether oxygens (including phenoxy) is 1. The molecule has 1 heterocycles. The normalized spacial score (nSPS) is 11.3. The molecule has 0 fully saturated rings. The Morgan fingerprint density at radius 3 is 2.00 bits per heavy atom. The summed E-state index contributed by atoms with van der Waals surface area (Å²) in [7, 11) is -2.95. The molecule has 6 nitrogen and oxygen atoms in total. The molecule has 0 unspecified atom stereocenters. The van der Waals surface area contributed by atoms with Gasteiger partial charge in [0.15, 0.2) is 6.23 Å². The Balaban J connectivity index is 2.67. The monoisotopic (exact) mass is 299 g/mol. The Morgan fingerprint density at radius 2 is 1.55 bits per heavy atom. The van der Waals surface area contributed by atoms with Crippen molar-refractivity contribution < 1.29 is 22.8 Å². The molecule has 1 aromatic rings. The van der Waals surface area contributed by atoms with Gasteiger partial charge in [-0.3, -0.25) is 4.98 Å². The van der Waals surface area contributed by atoms with Crippen LogP contribution in [0, 0.1) is 0 Å². The molecule has 0 aromatic carbocycles. The average molecular weight is 299 g/mol. The summed E-state index contributed by atoms with van der Waals surface area (Å²) in [5.41, 5.74) is 0.437. The molecule has 0 bridgehead atoms. The number of carbonyl (C=O) groups excluding carboxylic acids is 1. The molecule has 0 saturated heterocycles. The van der Waals surface area contributed by atoms with Gasteiger partial charge in [0.2, 0.25) is 0 Å². The molecular formula is C13H21NO5Si. The Kier molecular flexibility index (Phi) is 7.38. The summed E-state index contributed by atoms with van der Waals surface area (Å²) in [6.45, 7) is 6.89. The first kappa shape index (κ1) is 16.8. The van der Waals surface area contributed by atoms with Crippen molar-refractivity contribution in [3.8, 4) is 0 Å². The van der Waals surface area contributed by atoms with Crippen LogP contribution in [-0.4, -0.2) is 45.8 Å². The lowest BCUT2D eigenvalue weighted by atomic mass is 10.3. The van der Waals surface area contributed by atoms with Crippen LogP contribution in [0.1, 0.15) is 31.1 Å². The van der Waals surface area contributed by atoms with Gasteiger partial charge in [0.25, 0.3) is 0 Å². The summed E-state index contributed by atoms with van der Waals surface area (Å²) in [4.78, 5) is 15.8. The topological polar surface area (TPSA) is 66.9 Å². The fourth-order valence-electron chi connectivity index (χ4n) is 1.64. The molecule has 0 amide bonds. The van der Waals surface area contributed by atoms with Crippen LogP contribution in [0.15, 0.2) is 24.5 Å². The highest BCUT2D eigenvalue weighted by molar-refractivity contribution is 6.60. The van der Waals surface area contributed by atoms with E-state index in [1.54, 1.807) is 12.1 Å². The number of rotatable bonds is 9. The number of hydrogen-bond donors (Lipinski definition) is 0. The summed E-state index contributed by atoms with van der Waals surface area (Å²) in [6, 6.07) is 3.18. The maximum absolute atomic E-state index is 11.9.